The molecule has 1 saturated heterocycles. The van der Waals surface area contributed by atoms with E-state index in [-0.39, 0.29) is 18.6 Å². The zero-order valence-electron chi connectivity index (χ0n) is 7.70. The van der Waals surface area contributed by atoms with Gasteiger partial charge in [-0.15, -0.1) is 5.10 Å². The minimum Gasteiger partial charge on any atom is -0.391 e. The first-order chi connectivity index (χ1) is 6.75. The minimum atomic E-state index is -0.366. The average Bonchev–Trinajstić information content (AvgIpc) is 2.75. The minimum absolute atomic E-state index is 0.0212. The lowest BCUT2D eigenvalue weighted by Gasteiger charge is -2.14. The number of aromatic nitrogens is 3. The van der Waals surface area contributed by atoms with E-state index in [0.29, 0.717) is 19.5 Å². The second kappa shape index (κ2) is 3.75. The van der Waals surface area contributed by atoms with Crippen molar-refractivity contribution >= 4 is 5.91 Å². The number of nitrogens with zero attached hydrogens (tertiary/aromatic N) is 4. The van der Waals surface area contributed by atoms with E-state index < -0.39 is 0 Å². The number of aliphatic hydroxyl groups excluding tert-OH is 1. The van der Waals surface area contributed by atoms with Crippen molar-refractivity contribution in [3.05, 3.63) is 12.4 Å². The number of amides is 1. The summed E-state index contributed by atoms with van der Waals surface area (Å²) in [7, 11) is 0. The lowest BCUT2D eigenvalue weighted by molar-refractivity contribution is -0.131. The number of hydrogen-bond acceptors (Lipinski definition) is 4. The molecule has 0 aromatic carbocycles. The van der Waals surface area contributed by atoms with Gasteiger partial charge in [0.2, 0.25) is 5.91 Å². The van der Waals surface area contributed by atoms with Gasteiger partial charge in [-0.1, -0.05) is 5.21 Å². The first-order valence-corrected chi connectivity index (χ1v) is 4.55. The molecular formula is C8H12N4O2. The van der Waals surface area contributed by atoms with Crippen LogP contribution in [0.5, 0.6) is 0 Å². The largest absolute Gasteiger partial charge is 0.391 e. The van der Waals surface area contributed by atoms with Gasteiger partial charge in [0.15, 0.2) is 0 Å². The highest BCUT2D eigenvalue weighted by atomic mass is 16.3. The number of carbonyl (C=O) groups excluding carboxylic acids is 1. The molecule has 1 N–H and O–H groups in total. The lowest BCUT2D eigenvalue weighted by Crippen LogP contribution is -2.32. The summed E-state index contributed by atoms with van der Waals surface area (Å²) in [6.45, 7) is 1.27. The van der Waals surface area contributed by atoms with E-state index in [2.05, 4.69) is 10.3 Å². The highest BCUT2D eigenvalue weighted by Gasteiger charge is 2.24. The van der Waals surface area contributed by atoms with Crippen molar-refractivity contribution < 1.29 is 9.90 Å². The molecule has 1 amide bonds. The van der Waals surface area contributed by atoms with Crippen LogP contribution in [0.1, 0.15) is 6.42 Å². The smallest absolute Gasteiger partial charge is 0.244 e. The Hall–Kier alpha value is -1.43. The van der Waals surface area contributed by atoms with E-state index in [9.17, 15) is 9.90 Å². The lowest BCUT2D eigenvalue weighted by atomic mass is 10.3. The monoisotopic (exact) mass is 196 g/mol. The zero-order valence-corrected chi connectivity index (χ0v) is 7.70. The van der Waals surface area contributed by atoms with Gasteiger partial charge < -0.3 is 10.0 Å². The van der Waals surface area contributed by atoms with Crippen LogP contribution in [0.3, 0.4) is 0 Å². The van der Waals surface area contributed by atoms with Crippen LogP contribution in [-0.2, 0) is 11.3 Å². The highest BCUT2D eigenvalue weighted by molar-refractivity contribution is 5.76. The number of likely N-dealkylation sites (tertiary alicyclic amines) is 1. The second-order valence-corrected chi connectivity index (χ2v) is 3.38. The molecule has 2 heterocycles. The maximum absolute atomic E-state index is 11.6. The Morgan fingerprint density at radius 3 is 3.07 bits per heavy atom. The molecule has 1 aromatic rings. The number of hydrogen-bond donors (Lipinski definition) is 1. The number of aliphatic hydroxyl groups is 1. The third-order valence-electron chi connectivity index (χ3n) is 2.29. The van der Waals surface area contributed by atoms with Gasteiger partial charge >= 0.3 is 0 Å². The Balaban J connectivity index is 1.90. The molecule has 76 valence electrons. The number of carbonyl (C=O) groups is 1. The van der Waals surface area contributed by atoms with Crippen molar-refractivity contribution in [1.29, 1.82) is 0 Å². The summed E-state index contributed by atoms with van der Waals surface area (Å²) in [5.74, 6) is -0.0212. The molecule has 1 atom stereocenters. The van der Waals surface area contributed by atoms with Crippen molar-refractivity contribution in [2.75, 3.05) is 13.1 Å². The number of β-amino-alcohol motifs (C(OH)–C–C–N with tert-alkyl or cyclic N) is 1. The Morgan fingerprint density at radius 1 is 1.64 bits per heavy atom. The average molecular weight is 196 g/mol. The van der Waals surface area contributed by atoms with Crippen LogP contribution < -0.4 is 0 Å². The fourth-order valence-corrected chi connectivity index (χ4v) is 1.52. The van der Waals surface area contributed by atoms with Crippen molar-refractivity contribution in [2.24, 2.45) is 0 Å². The molecule has 0 saturated carbocycles. The summed E-state index contributed by atoms with van der Waals surface area (Å²) < 4.78 is 1.48. The van der Waals surface area contributed by atoms with Gasteiger partial charge in [-0.05, 0) is 6.42 Å². The number of rotatable bonds is 2. The molecule has 0 bridgehead atoms. The molecule has 0 spiro atoms. The Morgan fingerprint density at radius 2 is 2.50 bits per heavy atom. The van der Waals surface area contributed by atoms with Crippen LogP contribution in [0.15, 0.2) is 12.4 Å². The maximum atomic E-state index is 11.6. The van der Waals surface area contributed by atoms with Crippen LogP contribution in [0.25, 0.3) is 0 Å². The normalized spacial score (nSPS) is 21.5. The Kier molecular flexibility index (Phi) is 2.45. The van der Waals surface area contributed by atoms with E-state index in [0.717, 1.165) is 0 Å². The predicted octanol–water partition coefficient (Wildman–Crippen LogP) is -1.13. The molecule has 0 unspecified atom stereocenters. The topological polar surface area (TPSA) is 71.2 Å². The highest BCUT2D eigenvalue weighted by Crippen LogP contribution is 2.08. The fourth-order valence-electron chi connectivity index (χ4n) is 1.52. The second-order valence-electron chi connectivity index (χ2n) is 3.38. The van der Waals surface area contributed by atoms with E-state index >= 15 is 0 Å². The standard InChI is InChI=1S/C8H12N4O2/c13-7-1-3-11(5-7)8(14)6-12-4-2-9-10-12/h2,4,7,13H,1,3,5-6H2/t7-/m0/s1. The summed E-state index contributed by atoms with van der Waals surface area (Å²) in [5.41, 5.74) is 0. The van der Waals surface area contributed by atoms with Gasteiger partial charge in [-0.2, -0.15) is 0 Å². The predicted molar refractivity (Wildman–Crippen MR) is 47.2 cm³/mol. The van der Waals surface area contributed by atoms with Crippen molar-refractivity contribution in [3.63, 3.8) is 0 Å². The third kappa shape index (κ3) is 1.90. The summed E-state index contributed by atoms with van der Waals surface area (Å²) in [5, 5.41) is 16.6. The molecule has 1 aliphatic rings. The van der Waals surface area contributed by atoms with Gasteiger partial charge in [0, 0.05) is 19.3 Å². The van der Waals surface area contributed by atoms with Crippen molar-refractivity contribution in [2.45, 2.75) is 19.1 Å². The summed E-state index contributed by atoms with van der Waals surface area (Å²) in [6.07, 6.45) is 3.48. The quantitative estimate of drug-likeness (QED) is 0.649. The summed E-state index contributed by atoms with van der Waals surface area (Å²) in [4.78, 5) is 13.2. The van der Waals surface area contributed by atoms with E-state index in [4.69, 9.17) is 0 Å². The molecular weight excluding hydrogens is 184 g/mol. The Labute approximate surface area is 81.1 Å². The van der Waals surface area contributed by atoms with Crippen molar-refractivity contribution in [3.8, 4) is 0 Å². The molecule has 14 heavy (non-hydrogen) atoms. The van der Waals surface area contributed by atoms with E-state index in [1.807, 2.05) is 0 Å². The fraction of sp³-hybridized carbons (Fsp3) is 0.625. The molecule has 0 aliphatic carbocycles. The summed E-state index contributed by atoms with van der Waals surface area (Å²) in [6, 6.07) is 0. The maximum Gasteiger partial charge on any atom is 0.244 e. The Bertz CT molecular complexity index is 311. The van der Waals surface area contributed by atoms with Crippen molar-refractivity contribution in [1.82, 2.24) is 19.9 Å². The van der Waals surface area contributed by atoms with Gasteiger partial charge in [-0.3, -0.25) is 4.79 Å². The molecule has 1 aromatic heterocycles. The van der Waals surface area contributed by atoms with Crippen LogP contribution in [0, 0.1) is 0 Å². The van der Waals surface area contributed by atoms with Gasteiger partial charge in [0.1, 0.15) is 6.54 Å². The zero-order chi connectivity index (χ0) is 9.97. The first kappa shape index (κ1) is 9.14. The molecule has 2 rings (SSSR count). The SMILES string of the molecule is O=C(Cn1ccnn1)N1CC[C@H](O)C1. The molecule has 1 aliphatic heterocycles. The van der Waals surface area contributed by atoms with Crippen LogP contribution in [0.2, 0.25) is 0 Å². The van der Waals surface area contributed by atoms with Crippen LogP contribution >= 0.6 is 0 Å². The third-order valence-corrected chi connectivity index (χ3v) is 2.29. The summed E-state index contributed by atoms with van der Waals surface area (Å²) >= 11 is 0. The van der Waals surface area contributed by atoms with E-state index in [1.165, 1.54) is 10.9 Å². The van der Waals surface area contributed by atoms with Crippen LogP contribution in [-0.4, -0.2) is 50.1 Å². The molecule has 0 radical (unpaired) electrons. The van der Waals surface area contributed by atoms with Gasteiger partial charge in [0.25, 0.3) is 0 Å². The van der Waals surface area contributed by atoms with E-state index in [1.54, 1.807) is 11.1 Å². The first-order valence-electron chi connectivity index (χ1n) is 4.55. The van der Waals surface area contributed by atoms with Gasteiger partial charge in [-0.25, -0.2) is 4.68 Å². The molecule has 6 nitrogen and oxygen atoms in total. The van der Waals surface area contributed by atoms with Gasteiger partial charge in [0.05, 0.1) is 12.3 Å². The molecule has 6 heteroatoms. The molecule has 1 fully saturated rings. The van der Waals surface area contributed by atoms with Crippen LogP contribution in [0.4, 0.5) is 0 Å².